The third-order valence-electron chi connectivity index (χ3n) is 7.17. The van der Waals surface area contributed by atoms with Crippen LogP contribution in [0.25, 0.3) is 22.5 Å². The van der Waals surface area contributed by atoms with Crippen molar-refractivity contribution in [2.24, 2.45) is 5.73 Å². The molecule has 0 spiro atoms. The maximum Gasteiger partial charge on any atom is 0.228 e. The van der Waals surface area contributed by atoms with Crippen molar-refractivity contribution in [1.29, 1.82) is 0 Å². The van der Waals surface area contributed by atoms with Crippen molar-refractivity contribution in [1.82, 2.24) is 5.16 Å². The van der Waals surface area contributed by atoms with Crippen molar-refractivity contribution >= 4 is 5.91 Å². The van der Waals surface area contributed by atoms with Gasteiger partial charge in [0.15, 0.2) is 5.76 Å². The van der Waals surface area contributed by atoms with E-state index in [0.717, 1.165) is 59.2 Å². The van der Waals surface area contributed by atoms with E-state index in [1.54, 1.807) is 0 Å². The predicted octanol–water partition coefficient (Wildman–Crippen LogP) is 5.89. The smallest absolute Gasteiger partial charge is 0.228 e. The Bertz CT molecular complexity index is 1300. The highest BCUT2D eigenvalue weighted by molar-refractivity contribution is 5.90. The van der Waals surface area contributed by atoms with Crippen molar-refractivity contribution in [3.05, 3.63) is 101 Å². The van der Waals surface area contributed by atoms with Crippen LogP contribution in [0, 0.1) is 6.92 Å². The van der Waals surface area contributed by atoms with Gasteiger partial charge >= 0.3 is 0 Å². The number of aromatic nitrogens is 1. The summed E-state index contributed by atoms with van der Waals surface area (Å²) < 4.78 is 5.64. The Labute approximate surface area is 205 Å². The van der Waals surface area contributed by atoms with E-state index in [1.165, 1.54) is 5.56 Å². The van der Waals surface area contributed by atoms with Crippen LogP contribution in [0.3, 0.4) is 0 Å². The van der Waals surface area contributed by atoms with E-state index >= 15 is 0 Å². The van der Waals surface area contributed by atoms with E-state index in [2.05, 4.69) is 17.3 Å². The molecule has 1 aliphatic rings. The molecule has 4 aromatic rings. The Morgan fingerprint density at radius 3 is 2.17 bits per heavy atom. The summed E-state index contributed by atoms with van der Waals surface area (Å²) >= 11 is 0. The van der Waals surface area contributed by atoms with Crippen LogP contribution in [-0.4, -0.2) is 16.2 Å². The van der Waals surface area contributed by atoms with Crippen molar-refractivity contribution in [2.75, 3.05) is 0 Å². The highest BCUT2D eigenvalue weighted by Gasteiger charge is 2.49. The van der Waals surface area contributed by atoms with Crippen LogP contribution in [-0.2, 0) is 16.6 Å². The molecular weight excluding hydrogens is 436 g/mol. The summed E-state index contributed by atoms with van der Waals surface area (Å²) in [6.07, 6.45) is 3.46. The Balaban J connectivity index is 1.29. The molecule has 0 aliphatic heterocycles. The van der Waals surface area contributed by atoms with Gasteiger partial charge in [0.25, 0.3) is 0 Å². The highest BCUT2D eigenvalue weighted by atomic mass is 16.5. The number of primary amides is 1. The first kappa shape index (κ1) is 23.1. The molecule has 1 heterocycles. The Morgan fingerprint density at radius 2 is 1.57 bits per heavy atom. The SMILES string of the molecule is Cc1noc(-c2ccc(-c3ccc(C4(C(N)=O)CC4)cc3)cc2)c1C(O)CCCc1ccccc1. The summed E-state index contributed by atoms with van der Waals surface area (Å²) in [5.74, 6) is 0.378. The Kier molecular flexibility index (Phi) is 6.27. The maximum atomic E-state index is 11.8. The van der Waals surface area contributed by atoms with E-state index in [1.807, 2.05) is 73.7 Å². The van der Waals surface area contributed by atoms with Crippen molar-refractivity contribution in [3.63, 3.8) is 0 Å². The second-order valence-electron chi connectivity index (χ2n) is 9.51. The molecule has 1 saturated carbocycles. The summed E-state index contributed by atoms with van der Waals surface area (Å²) in [5, 5.41) is 15.1. The topological polar surface area (TPSA) is 89.4 Å². The molecular formula is C30H30N2O3. The zero-order valence-electron chi connectivity index (χ0n) is 19.9. The highest BCUT2D eigenvalue weighted by Crippen LogP contribution is 2.48. The number of aliphatic hydroxyl groups is 1. The molecule has 1 unspecified atom stereocenters. The number of rotatable bonds is 9. The lowest BCUT2D eigenvalue weighted by Crippen LogP contribution is -2.28. The van der Waals surface area contributed by atoms with Crippen LogP contribution in [0.1, 0.15) is 54.2 Å². The lowest BCUT2D eigenvalue weighted by atomic mass is 9.92. The average molecular weight is 467 g/mol. The van der Waals surface area contributed by atoms with Crippen LogP contribution < -0.4 is 5.73 Å². The molecule has 1 fully saturated rings. The monoisotopic (exact) mass is 466 g/mol. The predicted molar refractivity (Wildman–Crippen MR) is 137 cm³/mol. The summed E-state index contributed by atoms with van der Waals surface area (Å²) in [6.45, 7) is 1.87. The number of carbonyl (C=O) groups excluding carboxylic acids is 1. The van der Waals surface area contributed by atoms with Crippen molar-refractivity contribution < 1.29 is 14.4 Å². The van der Waals surface area contributed by atoms with Gasteiger partial charge in [-0.3, -0.25) is 4.79 Å². The maximum absolute atomic E-state index is 11.8. The number of carbonyl (C=O) groups is 1. The van der Waals surface area contributed by atoms with Gasteiger partial charge in [-0.2, -0.15) is 0 Å². The minimum atomic E-state index is -0.632. The molecule has 5 nitrogen and oxygen atoms in total. The molecule has 35 heavy (non-hydrogen) atoms. The Morgan fingerprint density at radius 1 is 0.971 bits per heavy atom. The van der Waals surface area contributed by atoms with Gasteiger partial charge in [-0.05, 0) is 61.3 Å². The van der Waals surface area contributed by atoms with E-state index in [4.69, 9.17) is 10.3 Å². The fraction of sp³-hybridized carbons (Fsp3) is 0.267. The van der Waals surface area contributed by atoms with Gasteiger partial charge in [-0.15, -0.1) is 0 Å². The van der Waals surface area contributed by atoms with Gasteiger partial charge in [0, 0.05) is 5.56 Å². The standard InChI is InChI=1S/C30H30N2O3/c1-20-27(26(33)9-5-8-21-6-3-2-4-7-21)28(35-32-20)24-12-10-22(11-13-24)23-14-16-25(17-15-23)30(18-19-30)29(31)34/h2-4,6-7,10-17,26,33H,5,8-9,18-19H2,1H3,(H2,31,34). The van der Waals surface area contributed by atoms with Gasteiger partial charge < -0.3 is 15.4 Å². The first-order valence-electron chi connectivity index (χ1n) is 12.2. The number of hydrogen-bond acceptors (Lipinski definition) is 4. The molecule has 1 amide bonds. The van der Waals surface area contributed by atoms with Crippen LogP contribution in [0.4, 0.5) is 0 Å². The van der Waals surface area contributed by atoms with Crippen LogP contribution >= 0.6 is 0 Å². The lowest BCUT2D eigenvalue weighted by molar-refractivity contribution is -0.120. The molecule has 0 bridgehead atoms. The minimum absolute atomic E-state index is 0.241. The number of nitrogens with zero attached hydrogens (tertiary/aromatic N) is 1. The number of benzene rings is 3. The normalized spacial score (nSPS) is 15.0. The van der Waals surface area contributed by atoms with Gasteiger partial charge in [0.1, 0.15) is 0 Å². The number of aliphatic hydroxyl groups excluding tert-OH is 1. The van der Waals surface area contributed by atoms with Crippen LogP contribution in [0.5, 0.6) is 0 Å². The number of hydrogen-bond donors (Lipinski definition) is 2. The van der Waals surface area contributed by atoms with E-state index in [9.17, 15) is 9.90 Å². The molecule has 0 radical (unpaired) electrons. The van der Waals surface area contributed by atoms with Gasteiger partial charge in [-0.1, -0.05) is 84.0 Å². The van der Waals surface area contributed by atoms with Gasteiger partial charge in [-0.25, -0.2) is 0 Å². The molecule has 1 atom stereocenters. The molecule has 5 heteroatoms. The zero-order chi connectivity index (χ0) is 24.4. The molecule has 1 aliphatic carbocycles. The number of amides is 1. The number of nitrogens with two attached hydrogens (primary N) is 1. The van der Waals surface area contributed by atoms with Gasteiger partial charge in [0.2, 0.25) is 5.91 Å². The molecule has 0 saturated heterocycles. The van der Waals surface area contributed by atoms with E-state index < -0.39 is 11.5 Å². The molecule has 1 aromatic heterocycles. The minimum Gasteiger partial charge on any atom is -0.388 e. The van der Waals surface area contributed by atoms with E-state index in [0.29, 0.717) is 12.2 Å². The second-order valence-corrected chi connectivity index (χ2v) is 9.51. The van der Waals surface area contributed by atoms with Crippen LogP contribution in [0.15, 0.2) is 83.4 Å². The first-order valence-corrected chi connectivity index (χ1v) is 12.2. The first-order chi connectivity index (χ1) is 17.0. The third kappa shape index (κ3) is 4.64. The summed E-state index contributed by atoms with van der Waals surface area (Å²) in [4.78, 5) is 11.8. The summed E-state index contributed by atoms with van der Waals surface area (Å²) in [7, 11) is 0. The average Bonchev–Trinajstić information content (AvgIpc) is 3.61. The van der Waals surface area contributed by atoms with Crippen molar-refractivity contribution in [3.8, 4) is 22.5 Å². The van der Waals surface area contributed by atoms with Gasteiger partial charge in [0.05, 0.1) is 22.8 Å². The molecule has 3 aromatic carbocycles. The quantitative estimate of drug-likeness (QED) is 0.322. The molecule has 5 rings (SSSR count). The fourth-order valence-electron chi connectivity index (χ4n) is 4.86. The Hall–Kier alpha value is -3.70. The summed E-state index contributed by atoms with van der Waals surface area (Å²) in [6, 6.07) is 26.5. The summed E-state index contributed by atoms with van der Waals surface area (Å²) in [5.41, 5.74) is 11.9. The van der Waals surface area contributed by atoms with Crippen molar-refractivity contribution in [2.45, 2.75) is 50.5 Å². The molecule has 178 valence electrons. The lowest BCUT2D eigenvalue weighted by Gasteiger charge is -2.13. The van der Waals surface area contributed by atoms with Crippen LogP contribution in [0.2, 0.25) is 0 Å². The molecule has 3 N–H and O–H groups in total. The third-order valence-corrected chi connectivity index (χ3v) is 7.17. The second kappa shape index (κ2) is 9.51. The van der Waals surface area contributed by atoms with E-state index in [-0.39, 0.29) is 5.91 Å². The largest absolute Gasteiger partial charge is 0.388 e. The number of aryl methyl sites for hydroxylation is 2. The fourth-order valence-corrected chi connectivity index (χ4v) is 4.86. The zero-order valence-corrected chi connectivity index (χ0v) is 19.9.